The molecule has 2 heterocycles. The van der Waals surface area contributed by atoms with Crippen LogP contribution in [0.25, 0.3) is 33.1 Å². The molecule has 0 aliphatic heterocycles. The van der Waals surface area contributed by atoms with Crippen molar-refractivity contribution < 1.29 is 4.84 Å². The van der Waals surface area contributed by atoms with Gasteiger partial charge in [-0.2, -0.15) is 4.73 Å². The maximum absolute atomic E-state index is 5.75. The number of fused-ring (bicyclic) bond motifs is 2. The molecule has 4 heteroatoms. The smallest absolute Gasteiger partial charge is 0.161 e. The van der Waals surface area contributed by atoms with Gasteiger partial charge < -0.3 is 9.07 Å². The topological polar surface area (TPSA) is 19.1 Å². The highest BCUT2D eigenvalue weighted by Gasteiger charge is 2.38. The van der Waals surface area contributed by atoms with E-state index in [1.54, 1.807) is 7.11 Å². The second-order valence-corrected chi connectivity index (χ2v) is 13.9. The highest BCUT2D eigenvalue weighted by Crippen LogP contribution is 2.40. The van der Waals surface area contributed by atoms with Gasteiger partial charge in [-0.25, -0.2) is 0 Å². The summed E-state index contributed by atoms with van der Waals surface area (Å²) >= 11 is 0. The van der Waals surface area contributed by atoms with Crippen LogP contribution < -0.4 is 4.84 Å². The van der Waals surface area contributed by atoms with E-state index in [2.05, 4.69) is 98.9 Å². The number of aromatic nitrogens is 2. The van der Waals surface area contributed by atoms with E-state index in [-0.39, 0.29) is 5.04 Å². The normalized spacial score (nSPS) is 12.8. The zero-order valence-corrected chi connectivity index (χ0v) is 18.1. The lowest BCUT2D eigenvalue weighted by Crippen LogP contribution is -2.44. The number of benzene rings is 2. The van der Waals surface area contributed by atoms with Gasteiger partial charge in [-0.15, -0.1) is 0 Å². The van der Waals surface area contributed by atoms with E-state index in [0.29, 0.717) is 0 Å². The zero-order chi connectivity index (χ0) is 19.4. The van der Waals surface area contributed by atoms with Crippen LogP contribution in [0.2, 0.25) is 18.1 Å². The largest absolute Gasteiger partial charge is 0.417 e. The van der Waals surface area contributed by atoms with Gasteiger partial charge in [0.2, 0.25) is 0 Å². The molecule has 0 saturated heterocycles. The highest BCUT2D eigenvalue weighted by molar-refractivity contribution is 6.79. The molecule has 0 saturated carbocycles. The van der Waals surface area contributed by atoms with Crippen LogP contribution in [-0.4, -0.2) is 24.3 Å². The van der Waals surface area contributed by atoms with Crippen molar-refractivity contribution >= 4 is 30.0 Å². The first kappa shape index (κ1) is 17.9. The second-order valence-electron chi connectivity index (χ2n) is 8.80. The maximum Gasteiger partial charge on any atom is 0.161 e. The Kier molecular flexibility index (Phi) is 4.00. The fourth-order valence-electron chi connectivity index (χ4n) is 3.75. The van der Waals surface area contributed by atoms with Crippen molar-refractivity contribution in [2.45, 2.75) is 38.9 Å². The van der Waals surface area contributed by atoms with Crippen LogP contribution in [0.4, 0.5) is 0 Å². The molecule has 0 fully saturated rings. The average molecular weight is 377 g/mol. The molecule has 4 aromatic rings. The molecule has 3 nitrogen and oxygen atoms in total. The third-order valence-corrected chi connectivity index (χ3v) is 11.6. The lowest BCUT2D eigenvalue weighted by Gasteiger charge is -2.38. The summed E-state index contributed by atoms with van der Waals surface area (Å²) in [4.78, 5) is 5.75. The molecule has 4 rings (SSSR count). The molecular formula is C23H28N2OSi. The second kappa shape index (κ2) is 6.03. The van der Waals surface area contributed by atoms with Crippen LogP contribution in [0.15, 0.2) is 60.8 Å². The molecular weight excluding hydrogens is 348 g/mol. The van der Waals surface area contributed by atoms with Crippen molar-refractivity contribution in [2.24, 2.45) is 0 Å². The molecule has 0 N–H and O–H groups in total. The highest BCUT2D eigenvalue weighted by atomic mass is 28.3. The first-order valence-corrected chi connectivity index (χ1v) is 12.5. The predicted octanol–water partition coefficient (Wildman–Crippen LogP) is 6.17. The molecule has 0 spiro atoms. The Hall–Kier alpha value is -2.46. The number of nitrogens with zero attached hydrogens (tertiary/aromatic N) is 2. The van der Waals surface area contributed by atoms with Crippen LogP contribution in [0.3, 0.4) is 0 Å². The number of hydrogen-bond donors (Lipinski definition) is 0. The minimum atomic E-state index is -1.69. The quantitative estimate of drug-likeness (QED) is 0.391. The summed E-state index contributed by atoms with van der Waals surface area (Å²) in [6.45, 7) is 12.0. The van der Waals surface area contributed by atoms with Crippen LogP contribution in [0, 0.1) is 0 Å². The van der Waals surface area contributed by atoms with E-state index < -0.39 is 8.24 Å². The number of para-hydroxylation sites is 1. The summed E-state index contributed by atoms with van der Waals surface area (Å²) in [6.07, 6.45) is 2.28. The summed E-state index contributed by atoms with van der Waals surface area (Å²) in [6, 6.07) is 19.5. The summed E-state index contributed by atoms with van der Waals surface area (Å²) in [5.41, 5.74) is 4.71. The minimum absolute atomic E-state index is 0.274. The SMILES string of the molecule is COn1c(-c2cccc3c2ccn3[Si](C)(C)C(C)(C)C)cc2ccccc21. The summed E-state index contributed by atoms with van der Waals surface area (Å²) in [5, 5.41) is 2.75. The van der Waals surface area contributed by atoms with E-state index >= 15 is 0 Å². The Balaban J connectivity index is 1.98. The zero-order valence-electron chi connectivity index (χ0n) is 17.1. The van der Waals surface area contributed by atoms with Crippen molar-refractivity contribution in [1.29, 1.82) is 0 Å². The Labute approximate surface area is 162 Å². The van der Waals surface area contributed by atoms with Crippen LogP contribution >= 0.6 is 0 Å². The molecule has 0 unspecified atom stereocenters. The van der Waals surface area contributed by atoms with Crippen molar-refractivity contribution in [3.8, 4) is 11.3 Å². The molecule has 0 aliphatic rings. The summed E-state index contributed by atoms with van der Waals surface area (Å²) < 4.78 is 4.49. The number of rotatable bonds is 3. The van der Waals surface area contributed by atoms with Crippen molar-refractivity contribution in [3.63, 3.8) is 0 Å². The maximum atomic E-state index is 5.75. The van der Waals surface area contributed by atoms with Gasteiger partial charge in [-0.1, -0.05) is 64.2 Å². The van der Waals surface area contributed by atoms with Gasteiger partial charge in [0, 0.05) is 21.9 Å². The van der Waals surface area contributed by atoms with Crippen molar-refractivity contribution in [3.05, 3.63) is 60.8 Å². The van der Waals surface area contributed by atoms with Crippen molar-refractivity contribution in [1.82, 2.24) is 8.96 Å². The molecule has 2 aromatic carbocycles. The summed E-state index contributed by atoms with van der Waals surface area (Å²) in [7, 11) is 0.0408. The monoisotopic (exact) mass is 376 g/mol. The molecule has 2 aromatic heterocycles. The van der Waals surface area contributed by atoms with Crippen molar-refractivity contribution in [2.75, 3.05) is 7.11 Å². The van der Waals surface area contributed by atoms with Gasteiger partial charge in [-0.3, -0.25) is 0 Å². The molecule has 140 valence electrons. The lowest BCUT2D eigenvalue weighted by molar-refractivity contribution is 0.183. The summed E-state index contributed by atoms with van der Waals surface area (Å²) in [5.74, 6) is 0. The van der Waals surface area contributed by atoms with Gasteiger partial charge in [0.25, 0.3) is 0 Å². The number of hydrogen-bond acceptors (Lipinski definition) is 1. The third kappa shape index (κ3) is 2.62. The molecule has 0 amide bonds. The van der Waals surface area contributed by atoms with Gasteiger partial charge in [0.15, 0.2) is 8.24 Å². The van der Waals surface area contributed by atoms with Crippen LogP contribution in [0.1, 0.15) is 20.8 Å². The van der Waals surface area contributed by atoms with Crippen LogP contribution in [0.5, 0.6) is 0 Å². The molecule has 0 aliphatic carbocycles. The lowest BCUT2D eigenvalue weighted by atomic mass is 10.1. The molecule has 0 bridgehead atoms. The first-order chi connectivity index (χ1) is 12.8. The minimum Gasteiger partial charge on any atom is -0.417 e. The Bertz CT molecular complexity index is 1130. The fourth-order valence-corrected chi connectivity index (χ4v) is 5.72. The average Bonchev–Trinajstić information content (AvgIpc) is 3.22. The van der Waals surface area contributed by atoms with Gasteiger partial charge in [0.1, 0.15) is 7.11 Å². The van der Waals surface area contributed by atoms with E-state index in [1.165, 1.54) is 21.9 Å². The Morgan fingerprint density at radius 1 is 0.889 bits per heavy atom. The van der Waals surface area contributed by atoms with Gasteiger partial charge in [0.05, 0.1) is 11.2 Å². The predicted molar refractivity (Wildman–Crippen MR) is 118 cm³/mol. The standard InChI is InChI=1S/C23H28N2OSi/c1-23(2,3)27(5,6)24-15-14-19-18(11-9-13-21(19)24)22-16-17-10-7-8-12-20(17)25(22)26-4/h7-16H,1-6H3. The van der Waals surface area contributed by atoms with E-state index in [1.807, 2.05) is 4.73 Å². The Morgan fingerprint density at radius 2 is 1.59 bits per heavy atom. The van der Waals surface area contributed by atoms with E-state index in [4.69, 9.17) is 4.84 Å². The first-order valence-electron chi connectivity index (χ1n) is 9.51. The van der Waals surface area contributed by atoms with E-state index in [0.717, 1.165) is 11.2 Å². The van der Waals surface area contributed by atoms with E-state index in [9.17, 15) is 0 Å². The Morgan fingerprint density at radius 3 is 2.30 bits per heavy atom. The van der Waals surface area contributed by atoms with Crippen LogP contribution in [-0.2, 0) is 0 Å². The van der Waals surface area contributed by atoms with Gasteiger partial charge in [-0.05, 0) is 35.5 Å². The molecule has 0 radical (unpaired) electrons. The molecule has 0 atom stereocenters. The fraction of sp³-hybridized carbons (Fsp3) is 0.304. The third-order valence-electron chi connectivity index (χ3n) is 6.30. The van der Waals surface area contributed by atoms with Gasteiger partial charge >= 0.3 is 0 Å². The molecule has 27 heavy (non-hydrogen) atoms.